The predicted molar refractivity (Wildman–Crippen MR) is 60.0 cm³/mol. The van der Waals surface area contributed by atoms with Gasteiger partial charge in [0.05, 0.1) is 13.2 Å². The van der Waals surface area contributed by atoms with Gasteiger partial charge in [-0.15, -0.1) is 11.6 Å². The number of alkyl halides is 1. The summed E-state index contributed by atoms with van der Waals surface area (Å²) < 4.78 is 5.28. The SMILES string of the molecule is CC(CCl)CNCCN1CCOCC1. The maximum Gasteiger partial charge on any atom is 0.0594 e. The molecule has 0 saturated carbocycles. The lowest BCUT2D eigenvalue weighted by Crippen LogP contribution is -2.40. The summed E-state index contributed by atoms with van der Waals surface area (Å²) in [7, 11) is 0. The molecule has 1 saturated heterocycles. The van der Waals surface area contributed by atoms with Gasteiger partial charge in [-0.2, -0.15) is 0 Å². The van der Waals surface area contributed by atoms with Crippen LogP contribution >= 0.6 is 11.6 Å². The van der Waals surface area contributed by atoms with Crippen molar-refractivity contribution in [1.82, 2.24) is 10.2 Å². The van der Waals surface area contributed by atoms with E-state index in [9.17, 15) is 0 Å². The number of rotatable bonds is 6. The molecule has 1 rings (SSSR count). The van der Waals surface area contributed by atoms with E-state index in [1.54, 1.807) is 0 Å². The minimum Gasteiger partial charge on any atom is -0.379 e. The Bertz CT molecular complexity index is 140. The summed E-state index contributed by atoms with van der Waals surface area (Å²) in [4.78, 5) is 2.43. The molecule has 1 heterocycles. The summed E-state index contributed by atoms with van der Waals surface area (Å²) in [6.45, 7) is 9.29. The van der Waals surface area contributed by atoms with Gasteiger partial charge in [-0.05, 0) is 12.5 Å². The van der Waals surface area contributed by atoms with Crippen molar-refractivity contribution >= 4 is 11.6 Å². The molecule has 4 heteroatoms. The molecule has 3 nitrogen and oxygen atoms in total. The second-order valence-electron chi connectivity index (χ2n) is 3.92. The number of ether oxygens (including phenoxy) is 1. The molecule has 84 valence electrons. The molecule has 0 aromatic heterocycles. The Morgan fingerprint density at radius 1 is 1.43 bits per heavy atom. The Labute approximate surface area is 91.7 Å². The third kappa shape index (κ3) is 5.15. The minimum absolute atomic E-state index is 0.571. The minimum atomic E-state index is 0.571. The average Bonchev–Trinajstić information content (AvgIpc) is 2.25. The Kier molecular flexibility index (Phi) is 6.52. The maximum atomic E-state index is 5.71. The topological polar surface area (TPSA) is 24.5 Å². The molecule has 1 atom stereocenters. The van der Waals surface area contributed by atoms with E-state index in [0.717, 1.165) is 51.8 Å². The number of nitrogens with zero attached hydrogens (tertiary/aromatic N) is 1. The number of morpholine rings is 1. The van der Waals surface area contributed by atoms with Gasteiger partial charge in [-0.25, -0.2) is 0 Å². The molecule has 0 aromatic rings. The zero-order valence-electron chi connectivity index (χ0n) is 8.97. The lowest BCUT2D eigenvalue weighted by Gasteiger charge is -2.26. The Balaban J connectivity index is 1.92. The van der Waals surface area contributed by atoms with Crippen molar-refractivity contribution in [2.75, 3.05) is 51.8 Å². The van der Waals surface area contributed by atoms with Crippen molar-refractivity contribution in [3.05, 3.63) is 0 Å². The molecule has 14 heavy (non-hydrogen) atoms. The van der Waals surface area contributed by atoms with Gasteiger partial charge in [0.15, 0.2) is 0 Å². The van der Waals surface area contributed by atoms with Crippen LogP contribution in [-0.2, 0) is 4.74 Å². The Morgan fingerprint density at radius 3 is 2.79 bits per heavy atom. The summed E-state index contributed by atoms with van der Waals surface area (Å²) in [6, 6.07) is 0. The van der Waals surface area contributed by atoms with Crippen molar-refractivity contribution in [2.45, 2.75) is 6.92 Å². The van der Waals surface area contributed by atoms with Crippen molar-refractivity contribution in [3.63, 3.8) is 0 Å². The fraction of sp³-hybridized carbons (Fsp3) is 1.00. The normalized spacial score (nSPS) is 21.0. The highest BCUT2D eigenvalue weighted by atomic mass is 35.5. The third-order valence-corrected chi connectivity index (χ3v) is 2.99. The fourth-order valence-corrected chi connectivity index (χ4v) is 1.57. The van der Waals surface area contributed by atoms with Gasteiger partial charge < -0.3 is 10.1 Å². The molecule has 0 aromatic carbocycles. The van der Waals surface area contributed by atoms with E-state index >= 15 is 0 Å². The van der Waals surface area contributed by atoms with Gasteiger partial charge in [0.2, 0.25) is 0 Å². The zero-order valence-corrected chi connectivity index (χ0v) is 9.72. The second kappa shape index (κ2) is 7.46. The summed E-state index contributed by atoms with van der Waals surface area (Å²) in [5.74, 6) is 1.31. The van der Waals surface area contributed by atoms with Crippen LogP contribution in [0.25, 0.3) is 0 Å². The summed E-state index contributed by atoms with van der Waals surface area (Å²) in [5.41, 5.74) is 0. The second-order valence-corrected chi connectivity index (χ2v) is 4.23. The molecule has 0 spiro atoms. The van der Waals surface area contributed by atoms with E-state index in [1.165, 1.54) is 0 Å². The first kappa shape index (κ1) is 12.2. The van der Waals surface area contributed by atoms with Crippen molar-refractivity contribution in [1.29, 1.82) is 0 Å². The van der Waals surface area contributed by atoms with Crippen LogP contribution in [0.5, 0.6) is 0 Å². The summed E-state index contributed by atoms with van der Waals surface area (Å²) in [6.07, 6.45) is 0. The van der Waals surface area contributed by atoms with Crippen LogP contribution < -0.4 is 5.32 Å². The molecule has 1 fully saturated rings. The van der Waals surface area contributed by atoms with Crippen LogP contribution in [0.15, 0.2) is 0 Å². The van der Waals surface area contributed by atoms with Gasteiger partial charge in [0.25, 0.3) is 0 Å². The van der Waals surface area contributed by atoms with Gasteiger partial charge >= 0.3 is 0 Å². The highest BCUT2D eigenvalue weighted by Crippen LogP contribution is 1.96. The van der Waals surface area contributed by atoms with E-state index in [1.807, 2.05) is 0 Å². The molecule has 1 N–H and O–H groups in total. The highest BCUT2D eigenvalue weighted by Gasteiger charge is 2.09. The largest absolute Gasteiger partial charge is 0.379 e. The zero-order chi connectivity index (χ0) is 10.2. The molecule has 1 aliphatic heterocycles. The van der Waals surface area contributed by atoms with E-state index < -0.39 is 0 Å². The van der Waals surface area contributed by atoms with Crippen LogP contribution in [-0.4, -0.2) is 56.7 Å². The highest BCUT2D eigenvalue weighted by molar-refractivity contribution is 6.18. The monoisotopic (exact) mass is 220 g/mol. The van der Waals surface area contributed by atoms with Crippen molar-refractivity contribution in [3.8, 4) is 0 Å². The fourth-order valence-electron chi connectivity index (χ4n) is 1.46. The van der Waals surface area contributed by atoms with Crippen LogP contribution in [0.2, 0.25) is 0 Å². The smallest absolute Gasteiger partial charge is 0.0594 e. The summed E-state index contributed by atoms with van der Waals surface area (Å²) in [5, 5.41) is 3.42. The average molecular weight is 221 g/mol. The molecule has 1 unspecified atom stereocenters. The molecule has 0 radical (unpaired) electrons. The van der Waals surface area contributed by atoms with Crippen LogP contribution in [0.4, 0.5) is 0 Å². The molecule has 1 aliphatic rings. The Hall–Kier alpha value is 0.170. The van der Waals surface area contributed by atoms with Gasteiger partial charge in [0, 0.05) is 32.1 Å². The van der Waals surface area contributed by atoms with Crippen molar-refractivity contribution < 1.29 is 4.74 Å². The molecule has 0 amide bonds. The standard InChI is InChI=1S/C10H21ClN2O/c1-10(8-11)9-12-2-3-13-4-6-14-7-5-13/h10,12H,2-9H2,1H3. The van der Waals surface area contributed by atoms with Crippen LogP contribution in [0.3, 0.4) is 0 Å². The first-order valence-corrected chi connectivity index (χ1v) is 5.93. The predicted octanol–water partition coefficient (Wildman–Crippen LogP) is 0.783. The Morgan fingerprint density at radius 2 is 2.14 bits per heavy atom. The van der Waals surface area contributed by atoms with Crippen LogP contribution in [0, 0.1) is 5.92 Å². The number of halogens is 1. The molecule has 0 bridgehead atoms. The first-order chi connectivity index (χ1) is 6.83. The quantitative estimate of drug-likeness (QED) is 0.529. The van der Waals surface area contributed by atoms with E-state index in [4.69, 9.17) is 16.3 Å². The number of nitrogens with one attached hydrogen (secondary N) is 1. The molecular weight excluding hydrogens is 200 g/mol. The number of hydrogen-bond donors (Lipinski definition) is 1. The summed E-state index contributed by atoms with van der Waals surface area (Å²) >= 11 is 5.71. The van der Waals surface area contributed by atoms with E-state index in [0.29, 0.717) is 5.92 Å². The maximum absolute atomic E-state index is 5.71. The van der Waals surface area contributed by atoms with E-state index in [2.05, 4.69) is 17.1 Å². The van der Waals surface area contributed by atoms with Crippen LogP contribution in [0.1, 0.15) is 6.92 Å². The lowest BCUT2D eigenvalue weighted by molar-refractivity contribution is 0.0384. The number of hydrogen-bond acceptors (Lipinski definition) is 3. The van der Waals surface area contributed by atoms with Gasteiger partial charge in [0.1, 0.15) is 0 Å². The van der Waals surface area contributed by atoms with Crippen molar-refractivity contribution in [2.24, 2.45) is 5.92 Å². The van der Waals surface area contributed by atoms with E-state index in [-0.39, 0.29) is 0 Å². The third-order valence-electron chi connectivity index (χ3n) is 2.46. The first-order valence-electron chi connectivity index (χ1n) is 5.39. The molecule has 0 aliphatic carbocycles. The molecular formula is C10H21ClN2O. The lowest BCUT2D eigenvalue weighted by atomic mass is 10.2. The van der Waals surface area contributed by atoms with Gasteiger partial charge in [-0.3, -0.25) is 4.90 Å². The van der Waals surface area contributed by atoms with Gasteiger partial charge in [-0.1, -0.05) is 6.92 Å².